The van der Waals surface area contributed by atoms with Crippen molar-refractivity contribution in [2.75, 3.05) is 0 Å². The molecule has 2 heterocycles. The first kappa shape index (κ1) is 16.8. The Morgan fingerprint density at radius 2 is 2.20 bits per heavy atom. The lowest BCUT2D eigenvalue weighted by Crippen LogP contribution is -2.16. The average molecular weight is 357 g/mol. The van der Waals surface area contributed by atoms with Crippen LogP contribution in [0.1, 0.15) is 21.7 Å². The van der Waals surface area contributed by atoms with Gasteiger partial charge in [-0.3, -0.25) is 14.9 Å². The van der Waals surface area contributed by atoms with Gasteiger partial charge in [0, 0.05) is 6.54 Å². The number of fused-ring (bicyclic) bond motifs is 1. The van der Waals surface area contributed by atoms with E-state index in [0.717, 1.165) is 27.4 Å². The Kier molecular flexibility index (Phi) is 4.37. The van der Waals surface area contributed by atoms with Crippen LogP contribution in [0.25, 0.3) is 10.2 Å². The summed E-state index contributed by atoms with van der Waals surface area (Å²) < 4.78 is 7.85. The molecule has 7 nitrogen and oxygen atoms in total. The number of benzene rings is 1. The summed E-state index contributed by atoms with van der Waals surface area (Å²) in [5, 5.41) is 10.7. The summed E-state index contributed by atoms with van der Waals surface area (Å²) in [5.41, 5.74) is 3.18. The summed E-state index contributed by atoms with van der Waals surface area (Å²) in [4.78, 5) is 26.9. The van der Waals surface area contributed by atoms with Crippen LogP contribution in [0.5, 0.6) is 0 Å². The smallest absolute Gasteiger partial charge is 0.395 e. The molecule has 0 aliphatic carbocycles. The first-order valence-corrected chi connectivity index (χ1v) is 8.27. The fourth-order valence-corrected chi connectivity index (χ4v) is 3.67. The van der Waals surface area contributed by atoms with Crippen LogP contribution in [0.15, 0.2) is 46.3 Å². The zero-order chi connectivity index (χ0) is 18.1. The summed E-state index contributed by atoms with van der Waals surface area (Å²) >= 11 is 1.39. The van der Waals surface area contributed by atoms with Crippen molar-refractivity contribution in [3.63, 3.8) is 0 Å². The minimum Gasteiger partial charge on any atom is -0.395 e. The van der Waals surface area contributed by atoms with Crippen molar-refractivity contribution < 1.29 is 14.1 Å². The van der Waals surface area contributed by atoms with Crippen LogP contribution in [0, 0.1) is 24.0 Å². The van der Waals surface area contributed by atoms with Crippen LogP contribution in [0.3, 0.4) is 0 Å². The van der Waals surface area contributed by atoms with Gasteiger partial charge >= 0.3 is 11.8 Å². The molecule has 25 heavy (non-hydrogen) atoms. The Morgan fingerprint density at radius 3 is 2.84 bits per heavy atom. The maximum atomic E-state index is 12.3. The Bertz CT molecular complexity index is 1070. The molecule has 0 atom stereocenters. The highest BCUT2D eigenvalue weighted by atomic mass is 32.1. The molecule has 0 saturated heterocycles. The Morgan fingerprint density at radius 1 is 1.44 bits per heavy atom. The number of rotatable bonds is 4. The SMILES string of the molecule is C=CCn1c(=NC(=O)c2ccc([N+](=O)[O-])o2)sc2c(C)cc(C)cc21. The first-order valence-electron chi connectivity index (χ1n) is 7.45. The summed E-state index contributed by atoms with van der Waals surface area (Å²) in [6, 6.07) is 6.49. The van der Waals surface area contributed by atoms with Crippen molar-refractivity contribution >= 4 is 33.3 Å². The zero-order valence-corrected chi connectivity index (χ0v) is 14.5. The number of allylic oxidation sites excluding steroid dienone is 1. The van der Waals surface area contributed by atoms with Gasteiger partial charge in [-0.25, -0.2) is 0 Å². The monoisotopic (exact) mass is 357 g/mol. The van der Waals surface area contributed by atoms with E-state index in [0.29, 0.717) is 11.3 Å². The van der Waals surface area contributed by atoms with Gasteiger partial charge < -0.3 is 8.98 Å². The average Bonchev–Trinajstić information content (AvgIpc) is 3.15. The van der Waals surface area contributed by atoms with Gasteiger partial charge in [0.25, 0.3) is 0 Å². The largest absolute Gasteiger partial charge is 0.433 e. The quantitative estimate of drug-likeness (QED) is 0.404. The molecule has 1 amide bonds. The highest BCUT2D eigenvalue weighted by Crippen LogP contribution is 2.24. The highest BCUT2D eigenvalue weighted by Gasteiger charge is 2.17. The standard InChI is InChI=1S/C17H15N3O4S/c1-4-7-19-12-9-10(2)8-11(3)15(12)25-17(19)18-16(21)13-5-6-14(24-13)20(22)23/h4-6,8-9H,1,7H2,2-3H3. The number of nitro groups is 1. The van der Waals surface area contributed by atoms with Gasteiger partial charge in [0.15, 0.2) is 4.80 Å². The first-order chi connectivity index (χ1) is 11.9. The van der Waals surface area contributed by atoms with Crippen LogP contribution in [-0.2, 0) is 6.54 Å². The molecule has 0 saturated carbocycles. The Hall–Kier alpha value is -3.00. The second kappa shape index (κ2) is 6.48. The van der Waals surface area contributed by atoms with Gasteiger partial charge in [-0.05, 0) is 37.1 Å². The maximum absolute atomic E-state index is 12.3. The minimum atomic E-state index is -0.694. The van der Waals surface area contributed by atoms with Crippen molar-refractivity contribution in [2.24, 2.45) is 4.99 Å². The zero-order valence-electron chi connectivity index (χ0n) is 13.7. The van der Waals surface area contributed by atoms with E-state index in [1.807, 2.05) is 24.5 Å². The number of aromatic nitrogens is 1. The van der Waals surface area contributed by atoms with E-state index in [2.05, 4.69) is 17.6 Å². The van der Waals surface area contributed by atoms with E-state index in [1.54, 1.807) is 6.08 Å². The molecular weight excluding hydrogens is 342 g/mol. The molecule has 0 bridgehead atoms. The van der Waals surface area contributed by atoms with Crippen LogP contribution < -0.4 is 4.80 Å². The molecule has 0 aliphatic heterocycles. The van der Waals surface area contributed by atoms with E-state index in [-0.39, 0.29) is 5.76 Å². The lowest BCUT2D eigenvalue weighted by atomic mass is 10.1. The fraction of sp³-hybridized carbons (Fsp3) is 0.176. The Balaban J connectivity index is 2.15. The number of hydrogen-bond acceptors (Lipinski definition) is 5. The third kappa shape index (κ3) is 3.16. The van der Waals surface area contributed by atoms with E-state index in [1.165, 1.54) is 17.4 Å². The lowest BCUT2D eigenvalue weighted by Gasteiger charge is -2.03. The number of aryl methyl sites for hydroxylation is 2. The van der Waals surface area contributed by atoms with Gasteiger partial charge in [-0.1, -0.05) is 23.5 Å². The van der Waals surface area contributed by atoms with Gasteiger partial charge in [0.1, 0.15) is 4.92 Å². The van der Waals surface area contributed by atoms with Crippen molar-refractivity contribution in [3.8, 4) is 0 Å². The molecule has 2 aromatic heterocycles. The molecule has 0 spiro atoms. The summed E-state index contributed by atoms with van der Waals surface area (Å²) in [7, 11) is 0. The second-order valence-electron chi connectivity index (χ2n) is 5.53. The van der Waals surface area contributed by atoms with E-state index >= 15 is 0 Å². The number of nitrogens with zero attached hydrogens (tertiary/aromatic N) is 3. The second-order valence-corrected chi connectivity index (χ2v) is 6.50. The maximum Gasteiger partial charge on any atom is 0.433 e. The van der Waals surface area contributed by atoms with Crippen LogP contribution >= 0.6 is 11.3 Å². The van der Waals surface area contributed by atoms with Crippen molar-refractivity contribution in [1.82, 2.24) is 4.57 Å². The summed E-state index contributed by atoms with van der Waals surface area (Å²) in [5.74, 6) is -1.31. The number of hydrogen-bond donors (Lipinski definition) is 0. The van der Waals surface area contributed by atoms with Crippen LogP contribution in [-0.4, -0.2) is 15.4 Å². The molecule has 3 aromatic rings. The van der Waals surface area contributed by atoms with Crippen LogP contribution in [0.4, 0.5) is 5.88 Å². The number of thiazole rings is 1. The predicted octanol–water partition coefficient (Wildman–Crippen LogP) is 3.75. The number of amides is 1. The van der Waals surface area contributed by atoms with Crippen molar-refractivity contribution in [1.29, 1.82) is 0 Å². The highest BCUT2D eigenvalue weighted by molar-refractivity contribution is 7.16. The molecule has 8 heteroatoms. The molecule has 0 fully saturated rings. The topological polar surface area (TPSA) is 90.6 Å². The summed E-state index contributed by atoms with van der Waals surface area (Å²) in [6.07, 6.45) is 1.73. The van der Waals surface area contributed by atoms with Crippen molar-refractivity contribution in [2.45, 2.75) is 20.4 Å². The number of carbonyl (C=O) groups excluding carboxylic acids is 1. The molecule has 0 radical (unpaired) electrons. The molecule has 1 aromatic carbocycles. The molecular formula is C17H15N3O4S. The third-order valence-corrected chi connectivity index (χ3v) is 4.84. The van der Waals surface area contributed by atoms with Crippen molar-refractivity contribution in [3.05, 3.63) is 68.7 Å². The summed E-state index contributed by atoms with van der Waals surface area (Å²) in [6.45, 7) is 8.26. The van der Waals surface area contributed by atoms with E-state index in [9.17, 15) is 14.9 Å². The number of carbonyl (C=O) groups is 1. The van der Waals surface area contributed by atoms with Gasteiger partial charge in [-0.15, -0.1) is 6.58 Å². The van der Waals surface area contributed by atoms with E-state index < -0.39 is 16.7 Å². The molecule has 0 aliphatic rings. The molecule has 0 unspecified atom stereocenters. The fourth-order valence-electron chi connectivity index (χ4n) is 2.59. The van der Waals surface area contributed by atoms with Gasteiger partial charge in [0.2, 0.25) is 5.76 Å². The third-order valence-electron chi connectivity index (χ3n) is 3.61. The molecule has 128 valence electrons. The molecule has 0 N–H and O–H groups in total. The number of furan rings is 1. The predicted molar refractivity (Wildman–Crippen MR) is 94.7 cm³/mol. The van der Waals surface area contributed by atoms with E-state index in [4.69, 9.17) is 4.42 Å². The minimum absolute atomic E-state index is 0.165. The molecule has 3 rings (SSSR count). The van der Waals surface area contributed by atoms with Gasteiger partial charge in [-0.2, -0.15) is 4.99 Å². The normalized spacial score (nSPS) is 11.8. The Labute approximate surface area is 146 Å². The van der Waals surface area contributed by atoms with Gasteiger partial charge in [0.05, 0.1) is 16.3 Å². The lowest BCUT2D eigenvalue weighted by molar-refractivity contribution is -0.402. The van der Waals surface area contributed by atoms with Crippen LogP contribution in [0.2, 0.25) is 0 Å².